The zero-order valence-corrected chi connectivity index (χ0v) is 23.7. The number of carbonyl (C=O) groups excluding carboxylic acids is 2. The number of amides is 1. The number of para-hydroxylation sites is 1. The third-order valence-corrected chi connectivity index (χ3v) is 8.10. The number of aliphatic hydroxyl groups excluding tert-OH is 1. The molecule has 3 aromatic rings. The third kappa shape index (κ3) is 10.9. The summed E-state index contributed by atoms with van der Waals surface area (Å²) in [6.07, 6.45) is 8.10. The summed E-state index contributed by atoms with van der Waals surface area (Å²) in [6.45, 7) is 0. The van der Waals surface area contributed by atoms with E-state index in [1.165, 1.54) is 50.1 Å². The van der Waals surface area contributed by atoms with Crippen LogP contribution in [0, 0.1) is 0 Å². The number of anilines is 1. The van der Waals surface area contributed by atoms with Crippen molar-refractivity contribution in [1.29, 1.82) is 0 Å². The van der Waals surface area contributed by atoms with E-state index < -0.39 is 17.3 Å². The molecule has 2 atom stereocenters. The molecule has 5 nitrogen and oxygen atoms in total. The van der Waals surface area contributed by atoms with Crippen molar-refractivity contribution >= 4 is 29.3 Å². The van der Waals surface area contributed by atoms with Crippen molar-refractivity contribution in [2.24, 2.45) is 0 Å². The average Bonchev–Trinajstić information content (AvgIpc) is 2.97. The van der Waals surface area contributed by atoms with Gasteiger partial charge in [0, 0.05) is 11.4 Å². The molecule has 39 heavy (non-hydrogen) atoms. The van der Waals surface area contributed by atoms with Gasteiger partial charge in [-0.3, -0.25) is 9.59 Å². The number of carbonyl (C=O) groups is 2. The first kappa shape index (κ1) is 30.5. The number of nitrogens with one attached hydrogen (secondary N) is 1. The van der Waals surface area contributed by atoms with Crippen LogP contribution >= 0.6 is 11.8 Å². The summed E-state index contributed by atoms with van der Waals surface area (Å²) in [7, 11) is 1.37. The van der Waals surface area contributed by atoms with Crippen molar-refractivity contribution in [3.05, 3.63) is 102 Å². The predicted molar refractivity (Wildman–Crippen MR) is 161 cm³/mol. The van der Waals surface area contributed by atoms with E-state index in [9.17, 15) is 14.7 Å². The summed E-state index contributed by atoms with van der Waals surface area (Å²) >= 11 is 1.42. The van der Waals surface area contributed by atoms with Crippen LogP contribution < -0.4 is 5.32 Å². The molecule has 208 valence electrons. The molecule has 0 bridgehead atoms. The van der Waals surface area contributed by atoms with Gasteiger partial charge in [0.15, 0.2) is 0 Å². The molecule has 0 aliphatic carbocycles. The second-order valence-electron chi connectivity index (χ2n) is 9.72. The number of hydrogen-bond donors (Lipinski definition) is 2. The molecule has 1 amide bonds. The number of benzene rings is 3. The highest BCUT2D eigenvalue weighted by molar-refractivity contribution is 7.99. The Morgan fingerprint density at radius 2 is 1.38 bits per heavy atom. The van der Waals surface area contributed by atoms with Gasteiger partial charge in [0.25, 0.3) is 5.91 Å². The smallest absolute Gasteiger partial charge is 0.306 e. The van der Waals surface area contributed by atoms with Crippen molar-refractivity contribution in [1.82, 2.24) is 0 Å². The van der Waals surface area contributed by atoms with Crippen LogP contribution in [0.25, 0.3) is 0 Å². The Morgan fingerprint density at radius 3 is 2.08 bits per heavy atom. The topological polar surface area (TPSA) is 75.6 Å². The van der Waals surface area contributed by atoms with E-state index in [1.807, 2.05) is 36.4 Å². The van der Waals surface area contributed by atoms with Crippen LogP contribution in [0.3, 0.4) is 0 Å². The molecule has 0 radical (unpaired) electrons. The van der Waals surface area contributed by atoms with E-state index in [-0.39, 0.29) is 12.4 Å². The van der Waals surface area contributed by atoms with Crippen molar-refractivity contribution in [2.45, 2.75) is 69.1 Å². The van der Waals surface area contributed by atoms with Crippen LogP contribution in [0.1, 0.15) is 66.9 Å². The van der Waals surface area contributed by atoms with Gasteiger partial charge in [-0.05, 0) is 54.5 Å². The van der Waals surface area contributed by atoms with Gasteiger partial charge < -0.3 is 15.2 Å². The van der Waals surface area contributed by atoms with E-state index in [0.29, 0.717) is 11.4 Å². The molecule has 0 spiro atoms. The molecule has 0 aliphatic rings. The first-order chi connectivity index (χ1) is 19.1. The predicted octanol–water partition coefficient (Wildman–Crippen LogP) is 7.15. The van der Waals surface area contributed by atoms with E-state index in [4.69, 9.17) is 4.74 Å². The normalized spacial score (nSPS) is 12.5. The number of methoxy groups -OCH3 is 1. The molecular formula is C33H41NO4S. The van der Waals surface area contributed by atoms with Gasteiger partial charge in [0.2, 0.25) is 0 Å². The summed E-state index contributed by atoms with van der Waals surface area (Å²) in [5.74, 6) is -0.312. The number of hydrogen-bond acceptors (Lipinski definition) is 5. The zero-order valence-electron chi connectivity index (χ0n) is 22.9. The largest absolute Gasteiger partial charge is 0.469 e. The number of rotatable bonds is 17. The Balaban J connectivity index is 1.55. The van der Waals surface area contributed by atoms with E-state index in [0.717, 1.165) is 36.8 Å². The SMILES string of the molecule is COC(=O)CCSC(c1ccccc1CCCCCCCCc1ccccc1)C(O)C(=O)Nc1ccccc1. The number of unbranched alkanes of at least 4 members (excludes halogenated alkanes) is 5. The quantitative estimate of drug-likeness (QED) is 0.139. The maximum Gasteiger partial charge on any atom is 0.306 e. The second-order valence-corrected chi connectivity index (χ2v) is 11.0. The first-order valence-electron chi connectivity index (χ1n) is 13.9. The zero-order chi connectivity index (χ0) is 27.7. The Hall–Kier alpha value is -3.09. The van der Waals surface area contributed by atoms with E-state index in [2.05, 4.69) is 41.7 Å². The molecule has 6 heteroatoms. The van der Waals surface area contributed by atoms with Crippen LogP contribution in [0.4, 0.5) is 5.69 Å². The fourth-order valence-electron chi connectivity index (χ4n) is 4.63. The fourth-order valence-corrected chi connectivity index (χ4v) is 5.89. The molecule has 0 heterocycles. The van der Waals surface area contributed by atoms with Crippen molar-refractivity contribution in [2.75, 3.05) is 18.2 Å². The van der Waals surface area contributed by atoms with Crippen LogP contribution in [-0.2, 0) is 27.2 Å². The van der Waals surface area contributed by atoms with Gasteiger partial charge in [-0.2, -0.15) is 0 Å². The fraction of sp³-hybridized carbons (Fsp3) is 0.394. The number of aryl methyl sites for hydroxylation is 2. The lowest BCUT2D eigenvalue weighted by molar-refractivity contribution is -0.140. The number of thioether (sulfide) groups is 1. The monoisotopic (exact) mass is 547 g/mol. The van der Waals surface area contributed by atoms with Crippen LogP contribution in [0.5, 0.6) is 0 Å². The van der Waals surface area contributed by atoms with Gasteiger partial charge in [0.1, 0.15) is 6.10 Å². The maximum absolute atomic E-state index is 13.0. The highest BCUT2D eigenvalue weighted by atomic mass is 32.2. The van der Waals surface area contributed by atoms with E-state index >= 15 is 0 Å². The third-order valence-electron chi connectivity index (χ3n) is 6.79. The van der Waals surface area contributed by atoms with Crippen LogP contribution in [0.15, 0.2) is 84.9 Å². The molecule has 0 saturated carbocycles. The molecule has 3 rings (SSSR count). The highest BCUT2D eigenvalue weighted by Gasteiger charge is 2.30. The Kier molecular flexibility index (Phi) is 13.7. The number of ether oxygens (including phenoxy) is 1. The average molecular weight is 548 g/mol. The molecule has 2 N–H and O–H groups in total. The Bertz CT molecular complexity index is 1120. The van der Waals surface area contributed by atoms with Crippen LogP contribution in [0.2, 0.25) is 0 Å². The molecule has 0 aromatic heterocycles. The van der Waals surface area contributed by atoms with Crippen molar-refractivity contribution < 1.29 is 19.4 Å². The van der Waals surface area contributed by atoms with Crippen molar-refractivity contribution in [3.8, 4) is 0 Å². The lowest BCUT2D eigenvalue weighted by atomic mass is 9.96. The maximum atomic E-state index is 13.0. The summed E-state index contributed by atoms with van der Waals surface area (Å²) in [5, 5.41) is 13.5. The second kappa shape index (κ2) is 17.5. The van der Waals surface area contributed by atoms with Gasteiger partial charge in [-0.25, -0.2) is 0 Å². The molecule has 0 aliphatic heterocycles. The Morgan fingerprint density at radius 1 is 0.795 bits per heavy atom. The minimum atomic E-state index is -1.27. The standard InChI is InChI=1S/C33H41NO4S/c1-38-30(35)24-25-39-32(31(36)33(37)34-28-21-12-7-13-22-28)29-23-15-14-20-27(29)19-11-5-3-2-4-8-16-26-17-9-6-10-18-26/h6-7,9-10,12-15,17-18,20-23,31-32,36H,2-5,8,11,16,19,24-25H2,1H3,(H,34,37). The minimum Gasteiger partial charge on any atom is -0.469 e. The molecule has 0 fully saturated rings. The van der Waals surface area contributed by atoms with Gasteiger partial charge in [-0.15, -0.1) is 11.8 Å². The summed E-state index contributed by atoms with van der Waals surface area (Å²) in [4.78, 5) is 24.7. The molecular weight excluding hydrogens is 506 g/mol. The molecule has 2 unspecified atom stereocenters. The van der Waals surface area contributed by atoms with Gasteiger partial charge in [0.05, 0.1) is 18.8 Å². The Labute approximate surface area is 237 Å². The lowest BCUT2D eigenvalue weighted by Gasteiger charge is -2.25. The minimum absolute atomic E-state index is 0.219. The number of aliphatic hydroxyl groups is 1. The molecule has 0 saturated heterocycles. The van der Waals surface area contributed by atoms with Gasteiger partial charge in [-0.1, -0.05) is 98.5 Å². The lowest BCUT2D eigenvalue weighted by Crippen LogP contribution is -2.32. The van der Waals surface area contributed by atoms with E-state index in [1.54, 1.807) is 12.1 Å². The van der Waals surface area contributed by atoms with Crippen molar-refractivity contribution in [3.63, 3.8) is 0 Å². The number of esters is 1. The summed E-state index contributed by atoms with van der Waals surface area (Å²) < 4.78 is 4.78. The van der Waals surface area contributed by atoms with Crippen LogP contribution in [-0.4, -0.2) is 35.9 Å². The summed E-state index contributed by atoms with van der Waals surface area (Å²) in [6, 6.07) is 27.8. The molecule has 3 aromatic carbocycles. The summed E-state index contributed by atoms with van der Waals surface area (Å²) in [5.41, 5.74) is 4.14. The first-order valence-corrected chi connectivity index (χ1v) is 15.0. The van der Waals surface area contributed by atoms with Gasteiger partial charge >= 0.3 is 5.97 Å². The highest BCUT2D eigenvalue weighted by Crippen LogP contribution is 2.36.